The number of nitrogens with zero attached hydrogens (tertiary/aromatic N) is 1. The minimum absolute atomic E-state index is 0.255. The first-order valence-corrected chi connectivity index (χ1v) is 3.59. The molecule has 6 N–H and O–H groups in total. The van der Waals surface area contributed by atoms with Crippen molar-refractivity contribution in [1.82, 2.24) is 10.4 Å². The number of thiazole rings is 1. The molecule has 0 saturated heterocycles. The summed E-state index contributed by atoms with van der Waals surface area (Å²) < 4.78 is 0. The van der Waals surface area contributed by atoms with Gasteiger partial charge in [-0.05, 0) is 0 Å². The van der Waals surface area contributed by atoms with Crippen LogP contribution in [0.5, 0.6) is 0 Å². The van der Waals surface area contributed by atoms with Crippen LogP contribution in [0.2, 0.25) is 0 Å². The fraction of sp³-hybridized carbons (Fsp3) is 0. The number of hydrogen-bond donors (Lipinski definition) is 4. The molecule has 0 aliphatic carbocycles. The molecule has 0 aliphatic heterocycles. The van der Waals surface area contributed by atoms with E-state index in [2.05, 4.69) is 10.4 Å². The molecule has 0 fully saturated rings. The van der Waals surface area contributed by atoms with Crippen LogP contribution in [0.1, 0.15) is 10.5 Å². The predicted octanol–water partition coefficient (Wildman–Crippen LogP) is -0.968. The van der Waals surface area contributed by atoms with Crippen LogP contribution in [0.3, 0.4) is 0 Å². The van der Waals surface area contributed by atoms with E-state index in [1.54, 1.807) is 5.38 Å². The van der Waals surface area contributed by atoms with E-state index in [0.29, 0.717) is 5.13 Å². The highest BCUT2D eigenvalue weighted by Gasteiger charge is 2.07. The van der Waals surface area contributed by atoms with Gasteiger partial charge in [-0.2, -0.15) is 0 Å². The number of carbonyl (C=O) groups excluding carboxylic acids is 1. The van der Waals surface area contributed by atoms with Gasteiger partial charge in [0.25, 0.3) is 5.91 Å². The molecule has 7 heteroatoms. The molecule has 6 nitrogen and oxygen atoms in total. The van der Waals surface area contributed by atoms with Gasteiger partial charge < -0.3 is 0 Å². The molecule has 0 aliphatic rings. The molecule has 0 unspecified atom stereocenters. The summed E-state index contributed by atoms with van der Waals surface area (Å²) in [5.41, 5.74) is 4.52. The van der Waals surface area contributed by atoms with Crippen molar-refractivity contribution in [3.63, 3.8) is 0 Å². The van der Waals surface area contributed by atoms with Gasteiger partial charge in [0.05, 0.1) is 0 Å². The summed E-state index contributed by atoms with van der Waals surface area (Å²) in [5.74, 6) is 9.48. The van der Waals surface area contributed by atoms with Crippen LogP contribution in [-0.2, 0) is 0 Å². The third-order valence-corrected chi connectivity index (χ3v) is 1.76. The second-order valence-corrected chi connectivity index (χ2v) is 2.51. The highest BCUT2D eigenvalue weighted by Crippen LogP contribution is 2.12. The molecular weight excluding hydrogens is 166 g/mol. The van der Waals surface area contributed by atoms with E-state index in [-0.39, 0.29) is 5.69 Å². The maximum Gasteiger partial charge on any atom is 0.284 e. The van der Waals surface area contributed by atoms with Crippen molar-refractivity contribution in [3.05, 3.63) is 11.1 Å². The normalized spacial score (nSPS) is 9.27. The Bertz CT molecular complexity index is 259. The van der Waals surface area contributed by atoms with Crippen LogP contribution >= 0.6 is 11.3 Å². The number of nitrogens with two attached hydrogens (primary N) is 2. The number of rotatable bonds is 2. The zero-order chi connectivity index (χ0) is 8.27. The van der Waals surface area contributed by atoms with E-state index in [4.69, 9.17) is 11.7 Å². The van der Waals surface area contributed by atoms with Crippen molar-refractivity contribution >= 4 is 22.4 Å². The van der Waals surface area contributed by atoms with Crippen molar-refractivity contribution in [2.24, 2.45) is 11.7 Å². The summed E-state index contributed by atoms with van der Waals surface area (Å²) in [6.45, 7) is 0. The zero-order valence-corrected chi connectivity index (χ0v) is 6.31. The minimum atomic E-state index is -0.428. The van der Waals surface area contributed by atoms with E-state index in [9.17, 15) is 4.79 Å². The van der Waals surface area contributed by atoms with Gasteiger partial charge in [0.1, 0.15) is 5.69 Å². The summed E-state index contributed by atoms with van der Waals surface area (Å²) in [5, 5.41) is 2.03. The first kappa shape index (κ1) is 7.92. The van der Waals surface area contributed by atoms with Gasteiger partial charge in [0, 0.05) is 5.38 Å². The zero-order valence-electron chi connectivity index (χ0n) is 5.50. The number of hydrogen-bond acceptors (Lipinski definition) is 6. The Balaban J connectivity index is 2.80. The van der Waals surface area contributed by atoms with Crippen LogP contribution in [0.25, 0.3) is 0 Å². The molecule has 1 rings (SSSR count). The topological polar surface area (TPSA) is 106 Å². The minimum Gasteiger partial charge on any atom is -0.300 e. The number of hydrazine groups is 2. The fourth-order valence-corrected chi connectivity index (χ4v) is 1.12. The van der Waals surface area contributed by atoms with Crippen LogP contribution in [-0.4, -0.2) is 10.9 Å². The maximum atomic E-state index is 10.8. The van der Waals surface area contributed by atoms with Gasteiger partial charge >= 0.3 is 0 Å². The molecule has 1 aromatic rings. The lowest BCUT2D eigenvalue weighted by Gasteiger charge is -1.91. The van der Waals surface area contributed by atoms with Crippen molar-refractivity contribution in [2.75, 3.05) is 5.43 Å². The van der Waals surface area contributed by atoms with Crippen LogP contribution in [0.4, 0.5) is 5.13 Å². The molecule has 0 atom stereocenters. The van der Waals surface area contributed by atoms with Gasteiger partial charge in [-0.15, -0.1) is 11.3 Å². The third-order valence-electron chi connectivity index (χ3n) is 0.991. The summed E-state index contributed by atoms with van der Waals surface area (Å²) in [6, 6.07) is 0. The van der Waals surface area contributed by atoms with Gasteiger partial charge in [0.2, 0.25) is 0 Å². The molecule has 1 heterocycles. The third kappa shape index (κ3) is 1.64. The largest absolute Gasteiger partial charge is 0.300 e. The molecule has 0 radical (unpaired) electrons. The lowest BCUT2D eigenvalue weighted by atomic mass is 10.5. The second kappa shape index (κ2) is 3.28. The van der Waals surface area contributed by atoms with E-state index in [1.807, 2.05) is 5.43 Å². The predicted molar refractivity (Wildman–Crippen MR) is 41.6 cm³/mol. The van der Waals surface area contributed by atoms with Gasteiger partial charge in [-0.1, -0.05) is 0 Å². The Kier molecular flexibility index (Phi) is 2.36. The summed E-state index contributed by atoms with van der Waals surface area (Å²) in [6.07, 6.45) is 0. The Labute approximate surface area is 66.5 Å². The maximum absolute atomic E-state index is 10.8. The number of nitrogen functional groups attached to an aromatic ring is 2. The summed E-state index contributed by atoms with van der Waals surface area (Å²) in [7, 11) is 0. The molecule has 0 spiro atoms. The molecule has 0 saturated carbocycles. The molecule has 1 amide bonds. The molecular formula is C4H7N5OS. The highest BCUT2D eigenvalue weighted by molar-refractivity contribution is 7.13. The molecule has 0 bridgehead atoms. The van der Waals surface area contributed by atoms with Crippen molar-refractivity contribution in [1.29, 1.82) is 0 Å². The van der Waals surface area contributed by atoms with Gasteiger partial charge in [-0.25, -0.2) is 16.7 Å². The number of aromatic nitrogens is 1. The quantitative estimate of drug-likeness (QED) is 0.261. The van der Waals surface area contributed by atoms with Gasteiger partial charge in [0.15, 0.2) is 5.13 Å². The van der Waals surface area contributed by atoms with Crippen LogP contribution < -0.4 is 22.5 Å². The SMILES string of the molecule is NNC(=O)c1csc(NN)n1. The second-order valence-electron chi connectivity index (χ2n) is 1.66. The Morgan fingerprint density at radius 1 is 1.64 bits per heavy atom. The Morgan fingerprint density at radius 3 is 2.82 bits per heavy atom. The molecule has 0 aromatic carbocycles. The summed E-state index contributed by atoms with van der Waals surface area (Å²) >= 11 is 1.23. The number of anilines is 1. The van der Waals surface area contributed by atoms with Crippen molar-refractivity contribution in [3.8, 4) is 0 Å². The van der Waals surface area contributed by atoms with E-state index in [0.717, 1.165) is 0 Å². The standard InChI is InChI=1S/C4H7N5OS/c5-8-3(10)2-1-11-4(7-2)9-6/h1H,5-6H2,(H,7,9)(H,8,10). The number of carbonyl (C=O) groups is 1. The average molecular weight is 173 g/mol. The Morgan fingerprint density at radius 2 is 2.36 bits per heavy atom. The first-order valence-electron chi connectivity index (χ1n) is 2.71. The smallest absolute Gasteiger partial charge is 0.284 e. The molecule has 11 heavy (non-hydrogen) atoms. The van der Waals surface area contributed by atoms with E-state index >= 15 is 0 Å². The Hall–Kier alpha value is -1.18. The van der Waals surface area contributed by atoms with Gasteiger partial charge in [-0.3, -0.25) is 15.6 Å². The summed E-state index contributed by atoms with van der Waals surface area (Å²) in [4.78, 5) is 14.6. The van der Waals surface area contributed by atoms with Crippen molar-refractivity contribution < 1.29 is 4.79 Å². The average Bonchev–Trinajstić information content (AvgIpc) is 2.50. The monoisotopic (exact) mass is 173 g/mol. The lowest BCUT2D eigenvalue weighted by molar-refractivity contribution is 0.0949. The molecule has 1 aromatic heterocycles. The number of amides is 1. The van der Waals surface area contributed by atoms with Crippen LogP contribution in [0, 0.1) is 0 Å². The first-order chi connectivity index (χ1) is 5.27. The highest BCUT2D eigenvalue weighted by atomic mass is 32.1. The molecule has 60 valence electrons. The fourth-order valence-electron chi connectivity index (χ4n) is 0.518. The van der Waals surface area contributed by atoms with E-state index < -0.39 is 5.91 Å². The van der Waals surface area contributed by atoms with Crippen molar-refractivity contribution in [2.45, 2.75) is 0 Å². The number of nitrogens with one attached hydrogen (secondary N) is 2. The van der Waals surface area contributed by atoms with E-state index in [1.165, 1.54) is 11.3 Å². The lowest BCUT2D eigenvalue weighted by Crippen LogP contribution is -2.30. The van der Waals surface area contributed by atoms with Crippen LogP contribution in [0.15, 0.2) is 5.38 Å².